The van der Waals surface area contributed by atoms with Crippen LogP contribution in [-0.4, -0.2) is 50.5 Å². The van der Waals surface area contributed by atoms with Crippen LogP contribution in [0, 0.1) is 19.8 Å². The number of amides is 2. The number of benzene rings is 3. The number of hydrogen-bond acceptors (Lipinski definition) is 4. The van der Waals surface area contributed by atoms with Crippen LogP contribution in [0.4, 0.5) is 5.69 Å². The molecular formula is C31H37Cl2N3O4S. The third-order valence-corrected chi connectivity index (χ3v) is 8.48. The zero-order valence-electron chi connectivity index (χ0n) is 24.0. The fourth-order valence-electron chi connectivity index (χ4n) is 4.51. The average Bonchev–Trinajstić information content (AvgIpc) is 2.89. The molecule has 0 saturated heterocycles. The topological polar surface area (TPSA) is 86.8 Å². The molecule has 7 nitrogen and oxygen atoms in total. The zero-order valence-corrected chi connectivity index (χ0v) is 26.4. The predicted molar refractivity (Wildman–Crippen MR) is 167 cm³/mol. The van der Waals surface area contributed by atoms with E-state index in [2.05, 4.69) is 5.32 Å². The van der Waals surface area contributed by atoms with Crippen molar-refractivity contribution in [2.75, 3.05) is 23.7 Å². The van der Waals surface area contributed by atoms with Crippen molar-refractivity contribution < 1.29 is 18.0 Å². The molecule has 0 heterocycles. The number of aryl methyl sites for hydroxylation is 2. The number of sulfonamides is 1. The second-order valence-electron chi connectivity index (χ2n) is 10.6. The lowest BCUT2D eigenvalue weighted by atomic mass is 10.0. The van der Waals surface area contributed by atoms with Crippen molar-refractivity contribution in [3.05, 3.63) is 99.0 Å². The van der Waals surface area contributed by atoms with Crippen LogP contribution in [0.25, 0.3) is 0 Å². The zero-order chi connectivity index (χ0) is 30.3. The van der Waals surface area contributed by atoms with Gasteiger partial charge in [0, 0.05) is 35.1 Å². The third-order valence-electron chi connectivity index (χ3n) is 6.65. The molecule has 41 heavy (non-hydrogen) atoms. The van der Waals surface area contributed by atoms with Crippen LogP contribution < -0.4 is 9.62 Å². The molecule has 0 aliphatic heterocycles. The molecule has 10 heteroatoms. The Balaban J connectivity index is 2.11. The van der Waals surface area contributed by atoms with Crippen LogP contribution >= 0.6 is 23.2 Å². The highest BCUT2D eigenvalue weighted by molar-refractivity contribution is 7.92. The number of carbonyl (C=O) groups excluding carboxylic acids is 2. The van der Waals surface area contributed by atoms with E-state index in [1.54, 1.807) is 37.3 Å². The molecule has 3 rings (SSSR count). The highest BCUT2D eigenvalue weighted by atomic mass is 35.5. The van der Waals surface area contributed by atoms with E-state index in [-0.39, 0.29) is 24.8 Å². The van der Waals surface area contributed by atoms with Gasteiger partial charge in [0.25, 0.3) is 0 Å². The number of carbonyl (C=O) groups is 2. The fraction of sp³-hybridized carbons (Fsp3) is 0.355. The van der Waals surface area contributed by atoms with Gasteiger partial charge in [0.2, 0.25) is 21.8 Å². The third kappa shape index (κ3) is 8.96. The van der Waals surface area contributed by atoms with Crippen molar-refractivity contribution in [3.8, 4) is 0 Å². The summed E-state index contributed by atoms with van der Waals surface area (Å²) in [7, 11) is -3.86. The van der Waals surface area contributed by atoms with Gasteiger partial charge in [0.15, 0.2) is 0 Å². The first-order chi connectivity index (χ1) is 19.3. The van der Waals surface area contributed by atoms with E-state index in [0.29, 0.717) is 33.4 Å². The molecule has 0 bridgehead atoms. The normalized spacial score (nSPS) is 12.2. The molecule has 0 aromatic heterocycles. The Labute approximate surface area is 253 Å². The van der Waals surface area contributed by atoms with Gasteiger partial charge in [-0.3, -0.25) is 13.9 Å². The van der Waals surface area contributed by atoms with E-state index in [4.69, 9.17) is 23.2 Å². The molecule has 0 aliphatic carbocycles. The van der Waals surface area contributed by atoms with Crippen LogP contribution in [0.1, 0.15) is 36.1 Å². The fourth-order valence-corrected chi connectivity index (χ4v) is 5.93. The first-order valence-electron chi connectivity index (χ1n) is 13.4. The van der Waals surface area contributed by atoms with Crippen LogP contribution in [0.3, 0.4) is 0 Å². The molecule has 3 aromatic rings. The number of rotatable bonds is 12. The molecule has 1 atom stereocenters. The minimum absolute atomic E-state index is 0.0889. The Morgan fingerprint density at radius 1 is 0.927 bits per heavy atom. The summed E-state index contributed by atoms with van der Waals surface area (Å²) in [5.41, 5.74) is 3.38. The molecule has 1 N–H and O–H groups in total. The maximum atomic E-state index is 14.2. The Morgan fingerprint density at radius 2 is 1.56 bits per heavy atom. The van der Waals surface area contributed by atoms with Gasteiger partial charge in [-0.2, -0.15) is 0 Å². The molecule has 0 unspecified atom stereocenters. The highest BCUT2D eigenvalue weighted by Crippen LogP contribution is 2.29. The van der Waals surface area contributed by atoms with Gasteiger partial charge in [0.05, 0.1) is 11.9 Å². The van der Waals surface area contributed by atoms with Gasteiger partial charge in [0.1, 0.15) is 12.6 Å². The second-order valence-corrected chi connectivity index (χ2v) is 13.3. The van der Waals surface area contributed by atoms with Gasteiger partial charge in [-0.05, 0) is 49.1 Å². The van der Waals surface area contributed by atoms with Crippen molar-refractivity contribution >= 4 is 50.7 Å². The van der Waals surface area contributed by atoms with E-state index in [1.807, 2.05) is 57.2 Å². The molecule has 0 fully saturated rings. The first-order valence-corrected chi connectivity index (χ1v) is 16.0. The van der Waals surface area contributed by atoms with Crippen LogP contribution in [-0.2, 0) is 32.6 Å². The Hall–Kier alpha value is -3.07. The van der Waals surface area contributed by atoms with Gasteiger partial charge in [-0.25, -0.2) is 8.42 Å². The lowest BCUT2D eigenvalue weighted by molar-refractivity contribution is -0.140. The predicted octanol–water partition coefficient (Wildman–Crippen LogP) is 5.79. The summed E-state index contributed by atoms with van der Waals surface area (Å²) < 4.78 is 27.1. The summed E-state index contributed by atoms with van der Waals surface area (Å²) in [5, 5.41) is 3.63. The monoisotopic (exact) mass is 617 g/mol. The smallest absolute Gasteiger partial charge is 0.244 e. The Kier molecular flexibility index (Phi) is 11.2. The number of halogens is 2. The van der Waals surface area contributed by atoms with Crippen molar-refractivity contribution in [1.29, 1.82) is 0 Å². The average molecular weight is 619 g/mol. The van der Waals surface area contributed by atoms with E-state index in [9.17, 15) is 18.0 Å². The molecule has 220 valence electrons. The Bertz CT molecular complexity index is 1460. The highest BCUT2D eigenvalue weighted by Gasteiger charge is 2.34. The van der Waals surface area contributed by atoms with Gasteiger partial charge < -0.3 is 10.2 Å². The van der Waals surface area contributed by atoms with E-state index >= 15 is 0 Å². The van der Waals surface area contributed by atoms with Crippen molar-refractivity contribution in [3.63, 3.8) is 0 Å². The van der Waals surface area contributed by atoms with E-state index in [0.717, 1.165) is 21.7 Å². The van der Waals surface area contributed by atoms with Crippen molar-refractivity contribution in [2.24, 2.45) is 5.92 Å². The standard InChI is InChI=1S/C31H37Cl2N3O4S/c1-21(2)18-34-31(38)29(17-24-10-7-6-8-11-24)35(19-25-26(32)12-9-13-27(25)33)30(37)20-36(41(5,39)40)28-15-14-22(3)16-23(28)4/h6-16,21,29H,17-20H2,1-5H3,(H,34,38)/t29-/m1/s1. The summed E-state index contributed by atoms with van der Waals surface area (Å²) in [4.78, 5) is 29.3. The lowest BCUT2D eigenvalue weighted by Gasteiger charge is -2.34. The maximum absolute atomic E-state index is 14.2. The Morgan fingerprint density at radius 3 is 2.12 bits per heavy atom. The summed E-state index contributed by atoms with van der Waals surface area (Å²) in [6.45, 7) is 7.48. The summed E-state index contributed by atoms with van der Waals surface area (Å²) in [6, 6.07) is 18.8. The van der Waals surface area contributed by atoms with Crippen molar-refractivity contribution in [2.45, 2.75) is 46.7 Å². The molecule has 0 aliphatic rings. The molecular weight excluding hydrogens is 581 g/mol. The number of nitrogens with one attached hydrogen (secondary N) is 1. The van der Waals surface area contributed by atoms with Gasteiger partial charge in [-0.15, -0.1) is 0 Å². The maximum Gasteiger partial charge on any atom is 0.244 e. The lowest BCUT2D eigenvalue weighted by Crippen LogP contribution is -2.53. The minimum Gasteiger partial charge on any atom is -0.354 e. The van der Waals surface area contributed by atoms with Crippen LogP contribution in [0.5, 0.6) is 0 Å². The SMILES string of the molecule is Cc1ccc(N(CC(=O)N(Cc2c(Cl)cccc2Cl)[C@H](Cc2ccccc2)C(=O)NCC(C)C)S(C)(=O)=O)c(C)c1. The number of hydrogen-bond donors (Lipinski definition) is 1. The van der Waals surface area contributed by atoms with Gasteiger partial charge >= 0.3 is 0 Å². The minimum atomic E-state index is -3.86. The molecule has 3 aromatic carbocycles. The summed E-state index contributed by atoms with van der Waals surface area (Å²) >= 11 is 13.0. The number of nitrogens with zero attached hydrogens (tertiary/aromatic N) is 2. The largest absolute Gasteiger partial charge is 0.354 e. The summed E-state index contributed by atoms with van der Waals surface area (Å²) in [5.74, 6) is -0.729. The van der Waals surface area contributed by atoms with Crippen molar-refractivity contribution in [1.82, 2.24) is 10.2 Å². The molecule has 0 saturated carbocycles. The second kappa shape index (κ2) is 14.2. The number of anilines is 1. The molecule has 0 radical (unpaired) electrons. The van der Waals surface area contributed by atoms with Crippen LogP contribution in [0.15, 0.2) is 66.7 Å². The van der Waals surface area contributed by atoms with E-state index in [1.165, 1.54) is 4.90 Å². The quantitative estimate of drug-likeness (QED) is 0.279. The summed E-state index contributed by atoms with van der Waals surface area (Å²) in [6.07, 6.45) is 1.27. The van der Waals surface area contributed by atoms with E-state index < -0.39 is 28.5 Å². The van der Waals surface area contributed by atoms with Gasteiger partial charge in [-0.1, -0.05) is 91.1 Å². The molecule has 2 amide bonds. The molecule has 0 spiro atoms. The first kappa shape index (κ1) is 32.4. The van der Waals surface area contributed by atoms with Crippen LogP contribution in [0.2, 0.25) is 10.0 Å².